The fourth-order valence-corrected chi connectivity index (χ4v) is 2.17. The summed E-state index contributed by atoms with van der Waals surface area (Å²) in [5, 5.41) is 0.628. The summed E-state index contributed by atoms with van der Waals surface area (Å²) >= 11 is 6.06. The van der Waals surface area contributed by atoms with Gasteiger partial charge in [-0.05, 0) is 29.3 Å². The Labute approximate surface area is 133 Å². The molecule has 0 unspecified atom stereocenters. The number of rotatable bonds is 3. The van der Waals surface area contributed by atoms with E-state index in [1.54, 1.807) is 24.3 Å². The molecule has 0 fully saturated rings. The summed E-state index contributed by atoms with van der Waals surface area (Å²) in [5.74, 6) is -0.199. The molecule has 0 atom stereocenters. The molecule has 3 nitrogen and oxygen atoms in total. The van der Waals surface area contributed by atoms with E-state index in [1.807, 2.05) is 48.5 Å². The number of hydrogen-bond acceptors (Lipinski definition) is 3. The Morgan fingerprint density at radius 3 is 2.45 bits per heavy atom. The van der Waals surface area contributed by atoms with Crippen LogP contribution < -0.4 is 0 Å². The van der Waals surface area contributed by atoms with Crippen molar-refractivity contribution in [2.75, 3.05) is 0 Å². The van der Waals surface area contributed by atoms with Crippen molar-refractivity contribution in [3.8, 4) is 0 Å². The lowest BCUT2D eigenvalue weighted by molar-refractivity contribution is -0.129. The second-order valence-electron chi connectivity index (χ2n) is 4.63. The Bertz CT molecular complexity index is 792. The Morgan fingerprint density at radius 1 is 0.955 bits per heavy atom. The molecule has 22 heavy (non-hydrogen) atoms. The summed E-state index contributed by atoms with van der Waals surface area (Å²) in [5.41, 5.74) is 2.02. The number of esters is 1. The van der Waals surface area contributed by atoms with Gasteiger partial charge in [0.1, 0.15) is 0 Å². The molecule has 2 aromatic carbocycles. The molecule has 0 aromatic heterocycles. The zero-order valence-electron chi connectivity index (χ0n) is 11.6. The topological polar surface area (TPSA) is 38.7 Å². The van der Waals surface area contributed by atoms with Crippen LogP contribution >= 0.6 is 11.6 Å². The van der Waals surface area contributed by atoms with Crippen molar-refractivity contribution in [3.05, 3.63) is 82.5 Å². The van der Waals surface area contributed by atoms with Gasteiger partial charge in [-0.3, -0.25) is 0 Å². The van der Waals surface area contributed by atoms with Crippen LogP contribution in [0.25, 0.3) is 12.2 Å². The third kappa shape index (κ3) is 3.32. The first-order chi connectivity index (χ1) is 10.7. The fraction of sp³-hybridized carbons (Fsp3) is 0. The highest BCUT2D eigenvalue weighted by Crippen LogP contribution is 2.19. The molecule has 2 aromatic rings. The predicted molar refractivity (Wildman–Crippen MR) is 88.4 cm³/mol. The van der Waals surface area contributed by atoms with Gasteiger partial charge in [-0.1, -0.05) is 60.1 Å². The van der Waals surface area contributed by atoms with Crippen molar-refractivity contribution in [3.63, 3.8) is 0 Å². The molecule has 0 aliphatic carbocycles. The van der Waals surface area contributed by atoms with Gasteiger partial charge >= 0.3 is 5.97 Å². The van der Waals surface area contributed by atoms with Crippen molar-refractivity contribution in [2.45, 2.75) is 0 Å². The number of ether oxygens (including phenoxy) is 1. The highest BCUT2D eigenvalue weighted by molar-refractivity contribution is 6.32. The van der Waals surface area contributed by atoms with Crippen LogP contribution in [-0.4, -0.2) is 11.9 Å². The van der Waals surface area contributed by atoms with Crippen LogP contribution in [0.5, 0.6) is 0 Å². The molecule has 0 spiro atoms. The largest absolute Gasteiger partial charge is 0.403 e. The van der Waals surface area contributed by atoms with Crippen LogP contribution in [-0.2, 0) is 9.53 Å². The van der Waals surface area contributed by atoms with Gasteiger partial charge in [-0.15, -0.1) is 0 Å². The van der Waals surface area contributed by atoms with Gasteiger partial charge in [0.05, 0.1) is 0 Å². The summed E-state index contributed by atoms with van der Waals surface area (Å²) in [6, 6.07) is 16.9. The van der Waals surface area contributed by atoms with E-state index in [0.717, 1.165) is 11.1 Å². The lowest BCUT2D eigenvalue weighted by atomic mass is 10.2. The summed E-state index contributed by atoms with van der Waals surface area (Å²) in [7, 11) is 0. The molecule has 0 amide bonds. The number of hydrogen-bond donors (Lipinski definition) is 0. The molecule has 3 rings (SSSR count). The van der Waals surface area contributed by atoms with Gasteiger partial charge in [0.25, 0.3) is 0 Å². The molecule has 0 N–H and O–H groups in total. The normalized spacial score (nSPS) is 16.1. The molecule has 108 valence electrons. The zero-order valence-corrected chi connectivity index (χ0v) is 12.3. The van der Waals surface area contributed by atoms with Crippen LogP contribution in [0.1, 0.15) is 11.1 Å². The summed E-state index contributed by atoms with van der Waals surface area (Å²) < 4.78 is 5.12. The van der Waals surface area contributed by atoms with Gasteiger partial charge in [0.15, 0.2) is 5.70 Å². The van der Waals surface area contributed by atoms with Crippen LogP contribution in [0.4, 0.5) is 0 Å². The number of halogens is 1. The first kappa shape index (κ1) is 14.3. The van der Waals surface area contributed by atoms with Gasteiger partial charge in [0, 0.05) is 11.1 Å². The average Bonchev–Trinajstić information content (AvgIpc) is 2.88. The van der Waals surface area contributed by atoms with E-state index in [-0.39, 0.29) is 11.6 Å². The smallest absolute Gasteiger partial charge is 0.363 e. The maximum atomic E-state index is 11.8. The van der Waals surface area contributed by atoms with Crippen molar-refractivity contribution in [1.82, 2.24) is 0 Å². The summed E-state index contributed by atoms with van der Waals surface area (Å²) in [6.45, 7) is 0. The van der Waals surface area contributed by atoms with Gasteiger partial charge in [0.2, 0.25) is 5.90 Å². The number of carbonyl (C=O) groups excluding carboxylic acids is 1. The van der Waals surface area contributed by atoms with Crippen LogP contribution in [0, 0.1) is 0 Å². The Balaban J connectivity index is 1.82. The Hall–Kier alpha value is -2.65. The number of cyclic esters (lactones) is 1. The monoisotopic (exact) mass is 309 g/mol. The quantitative estimate of drug-likeness (QED) is 0.624. The summed E-state index contributed by atoms with van der Waals surface area (Å²) in [4.78, 5) is 16.0. The molecule has 1 aliphatic heterocycles. The molecular weight excluding hydrogens is 298 g/mol. The molecular formula is C18H12ClNO2. The van der Waals surface area contributed by atoms with E-state index in [9.17, 15) is 4.79 Å². The van der Waals surface area contributed by atoms with Gasteiger partial charge < -0.3 is 4.74 Å². The number of nitrogens with zero attached hydrogens (tertiary/aromatic N) is 1. The zero-order chi connectivity index (χ0) is 15.4. The average molecular weight is 310 g/mol. The second-order valence-corrected chi connectivity index (χ2v) is 5.04. The van der Waals surface area contributed by atoms with Crippen molar-refractivity contribution in [2.24, 2.45) is 4.99 Å². The van der Waals surface area contributed by atoms with E-state index >= 15 is 0 Å². The Kier molecular flexibility index (Phi) is 4.17. The van der Waals surface area contributed by atoms with E-state index in [1.165, 1.54) is 0 Å². The summed E-state index contributed by atoms with van der Waals surface area (Å²) in [6.07, 6.45) is 5.09. The van der Waals surface area contributed by atoms with E-state index in [4.69, 9.17) is 16.3 Å². The maximum Gasteiger partial charge on any atom is 0.363 e. The molecule has 0 radical (unpaired) electrons. The van der Waals surface area contributed by atoms with E-state index < -0.39 is 5.97 Å². The Morgan fingerprint density at radius 2 is 1.68 bits per heavy atom. The number of benzene rings is 2. The van der Waals surface area contributed by atoms with Crippen molar-refractivity contribution >= 4 is 35.6 Å². The highest BCUT2D eigenvalue weighted by atomic mass is 35.5. The van der Waals surface area contributed by atoms with E-state index in [0.29, 0.717) is 5.02 Å². The minimum Gasteiger partial charge on any atom is -0.403 e. The maximum absolute atomic E-state index is 11.8. The minimum atomic E-state index is -0.456. The molecule has 4 heteroatoms. The lowest BCUT2D eigenvalue weighted by Gasteiger charge is -1.96. The number of carbonyl (C=O) groups is 1. The third-order valence-corrected chi connectivity index (χ3v) is 3.39. The first-order valence-corrected chi connectivity index (χ1v) is 7.10. The third-order valence-electron chi connectivity index (χ3n) is 3.05. The van der Waals surface area contributed by atoms with E-state index in [2.05, 4.69) is 4.99 Å². The molecule has 1 heterocycles. The molecule has 0 saturated heterocycles. The van der Waals surface area contributed by atoms with Crippen LogP contribution in [0.3, 0.4) is 0 Å². The first-order valence-electron chi connectivity index (χ1n) is 6.72. The number of aliphatic imine (C=N–C) groups is 1. The lowest BCUT2D eigenvalue weighted by Crippen LogP contribution is -2.01. The standard InChI is InChI=1S/C18H12ClNO2/c19-15-9-5-4-8-14(15)10-11-17-20-16(18(21)22-17)12-13-6-2-1-3-7-13/h1-12H. The SMILES string of the molecule is O=C1OC(C=Cc2ccccc2Cl)=NC1=Cc1ccccc1. The minimum absolute atomic E-state index is 0.257. The van der Waals surface area contributed by atoms with Crippen LogP contribution in [0.15, 0.2) is 71.4 Å². The second kappa shape index (κ2) is 6.41. The fourth-order valence-electron chi connectivity index (χ4n) is 1.98. The van der Waals surface area contributed by atoms with Crippen molar-refractivity contribution < 1.29 is 9.53 Å². The van der Waals surface area contributed by atoms with Gasteiger partial charge in [-0.25, -0.2) is 9.79 Å². The molecule has 0 bridgehead atoms. The van der Waals surface area contributed by atoms with Gasteiger partial charge in [-0.2, -0.15) is 0 Å². The predicted octanol–water partition coefficient (Wildman–Crippen LogP) is 4.35. The molecule has 0 saturated carbocycles. The van der Waals surface area contributed by atoms with Crippen molar-refractivity contribution in [1.29, 1.82) is 0 Å². The molecule has 1 aliphatic rings. The van der Waals surface area contributed by atoms with Crippen LogP contribution in [0.2, 0.25) is 5.02 Å². The highest BCUT2D eigenvalue weighted by Gasteiger charge is 2.20.